The lowest BCUT2D eigenvalue weighted by Crippen LogP contribution is -2.51. The summed E-state index contributed by atoms with van der Waals surface area (Å²) >= 11 is 0. The fraction of sp³-hybridized carbons (Fsp3) is 0.409. The molecule has 0 radical (unpaired) electrons. The van der Waals surface area contributed by atoms with Crippen LogP contribution in [0.1, 0.15) is 37.7 Å². The van der Waals surface area contributed by atoms with Gasteiger partial charge in [-0.15, -0.1) is 0 Å². The predicted octanol–water partition coefficient (Wildman–Crippen LogP) is 4.82. The Bertz CT molecular complexity index is 1000. The highest BCUT2D eigenvalue weighted by Gasteiger charge is 2.51. The number of carbonyl (C=O) groups is 2. The Morgan fingerprint density at radius 1 is 1.12 bits per heavy atom. The number of benzene rings is 1. The van der Waals surface area contributed by atoms with Crippen LogP contribution in [0.4, 0.5) is 33.9 Å². The summed E-state index contributed by atoms with van der Waals surface area (Å²) in [5.41, 5.74) is -1.44. The Labute approximate surface area is 182 Å². The third kappa shape index (κ3) is 4.39. The summed E-state index contributed by atoms with van der Waals surface area (Å²) < 4.78 is 52.1. The molecule has 0 bridgehead atoms. The molecule has 3 amide bonds. The number of urea groups is 1. The molecule has 0 atom stereocenters. The highest BCUT2D eigenvalue weighted by Crippen LogP contribution is 2.40. The zero-order valence-electron chi connectivity index (χ0n) is 17.2. The van der Waals surface area contributed by atoms with Gasteiger partial charge in [0.2, 0.25) is 5.91 Å². The minimum absolute atomic E-state index is 0.00576. The van der Waals surface area contributed by atoms with Crippen LogP contribution in [0.5, 0.6) is 0 Å². The van der Waals surface area contributed by atoms with Gasteiger partial charge in [0.1, 0.15) is 18.2 Å². The Hall–Kier alpha value is -3.17. The molecule has 32 heavy (non-hydrogen) atoms. The number of rotatable bonds is 4. The maximum atomic E-state index is 13.3. The number of nitrogens with zero attached hydrogens (tertiary/aromatic N) is 3. The molecule has 4 rings (SSSR count). The summed E-state index contributed by atoms with van der Waals surface area (Å²) in [6.45, 7) is 0.0219. The Morgan fingerprint density at radius 3 is 2.53 bits per heavy atom. The molecule has 1 aromatic heterocycles. The predicted molar refractivity (Wildman–Crippen MR) is 110 cm³/mol. The molecule has 1 aliphatic heterocycles. The third-order valence-electron chi connectivity index (χ3n) is 6.03. The van der Waals surface area contributed by atoms with E-state index in [-0.39, 0.29) is 12.2 Å². The maximum absolute atomic E-state index is 13.3. The van der Waals surface area contributed by atoms with Gasteiger partial charge in [0.15, 0.2) is 0 Å². The maximum Gasteiger partial charge on any atom is 0.416 e. The molecule has 6 nitrogen and oxygen atoms in total. The minimum atomic E-state index is -4.53. The summed E-state index contributed by atoms with van der Waals surface area (Å²) in [6.07, 6.45) is 0.711. The van der Waals surface area contributed by atoms with Gasteiger partial charge in [0.25, 0.3) is 0 Å². The van der Waals surface area contributed by atoms with Gasteiger partial charge in [-0.05, 0) is 43.2 Å². The SMILES string of the molecule is O=C(CN1C(=O)N(c2ccc(F)cn2)CC12CCCCC2)Nc1cccc(C(F)(F)F)c1. The van der Waals surface area contributed by atoms with E-state index in [2.05, 4.69) is 10.3 Å². The van der Waals surface area contributed by atoms with E-state index in [4.69, 9.17) is 0 Å². The summed E-state index contributed by atoms with van der Waals surface area (Å²) in [5.74, 6) is -0.816. The number of amides is 3. The first kappa shape index (κ1) is 22.0. The largest absolute Gasteiger partial charge is 0.416 e. The third-order valence-corrected chi connectivity index (χ3v) is 6.03. The van der Waals surface area contributed by atoms with Gasteiger partial charge in [-0.3, -0.25) is 9.69 Å². The van der Waals surface area contributed by atoms with Crippen molar-refractivity contribution in [2.24, 2.45) is 0 Å². The van der Waals surface area contributed by atoms with Crippen molar-refractivity contribution < 1.29 is 27.2 Å². The van der Waals surface area contributed by atoms with Crippen LogP contribution in [0, 0.1) is 5.82 Å². The summed E-state index contributed by atoms with van der Waals surface area (Å²) in [6, 6.07) is 6.56. The molecule has 10 heteroatoms. The number of carbonyl (C=O) groups excluding carboxylic acids is 2. The van der Waals surface area contributed by atoms with Crippen molar-refractivity contribution in [2.75, 3.05) is 23.3 Å². The number of nitrogens with one attached hydrogen (secondary N) is 1. The molecular weight excluding hydrogens is 428 g/mol. The molecule has 2 heterocycles. The van der Waals surface area contributed by atoms with Crippen molar-refractivity contribution >= 4 is 23.4 Å². The molecule has 1 aliphatic carbocycles. The van der Waals surface area contributed by atoms with Crippen LogP contribution >= 0.6 is 0 Å². The number of aromatic nitrogens is 1. The summed E-state index contributed by atoms with van der Waals surface area (Å²) in [7, 11) is 0. The van der Waals surface area contributed by atoms with Gasteiger partial charge in [-0.25, -0.2) is 14.2 Å². The van der Waals surface area contributed by atoms with E-state index in [0.717, 1.165) is 37.6 Å². The molecule has 170 valence electrons. The number of hydrogen-bond acceptors (Lipinski definition) is 3. The highest BCUT2D eigenvalue weighted by atomic mass is 19.4. The van der Waals surface area contributed by atoms with Gasteiger partial charge in [0, 0.05) is 5.69 Å². The van der Waals surface area contributed by atoms with Crippen molar-refractivity contribution in [3.8, 4) is 0 Å². The van der Waals surface area contributed by atoms with E-state index in [0.29, 0.717) is 25.2 Å². The van der Waals surface area contributed by atoms with Crippen LogP contribution in [0.2, 0.25) is 0 Å². The zero-order chi connectivity index (χ0) is 22.9. The molecule has 1 spiro atoms. The van der Waals surface area contributed by atoms with E-state index in [1.807, 2.05) is 0 Å². The first-order valence-corrected chi connectivity index (χ1v) is 10.4. The van der Waals surface area contributed by atoms with Crippen molar-refractivity contribution in [3.05, 3.63) is 54.0 Å². The fourth-order valence-corrected chi connectivity index (χ4v) is 4.49. The average Bonchev–Trinajstić information content (AvgIpc) is 3.00. The first-order chi connectivity index (χ1) is 15.2. The lowest BCUT2D eigenvalue weighted by atomic mass is 9.81. The number of alkyl halides is 3. The molecule has 1 aromatic carbocycles. The van der Waals surface area contributed by atoms with E-state index in [1.54, 1.807) is 0 Å². The molecule has 2 aliphatic rings. The zero-order valence-corrected chi connectivity index (χ0v) is 17.2. The van der Waals surface area contributed by atoms with E-state index in [1.165, 1.54) is 34.1 Å². The number of halogens is 4. The Kier molecular flexibility index (Phi) is 5.79. The second-order valence-corrected chi connectivity index (χ2v) is 8.20. The van der Waals surface area contributed by atoms with Gasteiger partial charge in [0.05, 0.1) is 23.8 Å². The van der Waals surface area contributed by atoms with Gasteiger partial charge < -0.3 is 10.2 Å². The van der Waals surface area contributed by atoms with Gasteiger partial charge >= 0.3 is 12.2 Å². The lowest BCUT2D eigenvalue weighted by Gasteiger charge is -2.39. The topological polar surface area (TPSA) is 65.5 Å². The Balaban J connectivity index is 1.54. The summed E-state index contributed by atoms with van der Waals surface area (Å²) in [4.78, 5) is 32.9. The van der Waals surface area contributed by atoms with E-state index in [9.17, 15) is 27.2 Å². The monoisotopic (exact) mass is 450 g/mol. The van der Waals surface area contributed by atoms with Crippen molar-refractivity contribution in [2.45, 2.75) is 43.8 Å². The minimum Gasteiger partial charge on any atom is -0.325 e. The molecule has 1 saturated carbocycles. The van der Waals surface area contributed by atoms with E-state index >= 15 is 0 Å². The van der Waals surface area contributed by atoms with Crippen LogP contribution in [0.3, 0.4) is 0 Å². The van der Waals surface area contributed by atoms with Crippen LogP contribution in [-0.2, 0) is 11.0 Å². The molecule has 1 N–H and O–H groups in total. The number of pyridine rings is 1. The van der Waals surface area contributed by atoms with Gasteiger partial charge in [-0.2, -0.15) is 13.2 Å². The standard InChI is InChI=1S/C22H22F4N4O2/c23-16-7-8-18(27-12-16)29-14-21(9-2-1-3-10-21)30(20(29)32)13-19(31)28-17-6-4-5-15(11-17)22(24,25)26/h4-8,11-12H,1-3,9-10,13-14H2,(H,28,31). The van der Waals surface area contributed by atoms with E-state index < -0.39 is 35.0 Å². The quantitative estimate of drug-likeness (QED) is 0.679. The normalized spacial score (nSPS) is 18.3. The Morgan fingerprint density at radius 2 is 1.88 bits per heavy atom. The molecule has 1 saturated heterocycles. The fourth-order valence-electron chi connectivity index (χ4n) is 4.49. The van der Waals surface area contributed by atoms with Gasteiger partial charge in [-0.1, -0.05) is 25.3 Å². The number of hydrogen-bond donors (Lipinski definition) is 1. The van der Waals surface area contributed by atoms with Crippen molar-refractivity contribution in [1.82, 2.24) is 9.88 Å². The second-order valence-electron chi connectivity index (χ2n) is 8.20. The smallest absolute Gasteiger partial charge is 0.325 e. The molecule has 2 aromatic rings. The summed E-state index contributed by atoms with van der Waals surface area (Å²) in [5, 5.41) is 2.47. The van der Waals surface area contributed by atoms with Crippen molar-refractivity contribution in [3.63, 3.8) is 0 Å². The lowest BCUT2D eigenvalue weighted by molar-refractivity contribution is -0.137. The first-order valence-electron chi connectivity index (χ1n) is 10.4. The number of anilines is 2. The molecular formula is C22H22F4N4O2. The van der Waals surface area contributed by atoms with Crippen LogP contribution in [0.25, 0.3) is 0 Å². The van der Waals surface area contributed by atoms with Crippen LogP contribution < -0.4 is 10.2 Å². The average molecular weight is 450 g/mol. The highest BCUT2D eigenvalue weighted by molar-refractivity contribution is 5.99. The van der Waals surface area contributed by atoms with Crippen LogP contribution in [-0.4, -0.2) is 40.5 Å². The second kappa shape index (κ2) is 8.40. The molecule has 0 unspecified atom stereocenters. The van der Waals surface area contributed by atoms with Crippen molar-refractivity contribution in [1.29, 1.82) is 0 Å². The molecule has 2 fully saturated rings. The van der Waals surface area contributed by atoms with Crippen LogP contribution in [0.15, 0.2) is 42.6 Å².